The molecule has 1 aliphatic rings. The van der Waals surface area contributed by atoms with Crippen molar-refractivity contribution in [1.29, 1.82) is 0 Å². The molecule has 24 heavy (non-hydrogen) atoms. The van der Waals surface area contributed by atoms with Crippen LogP contribution in [0, 0.1) is 5.92 Å². The lowest BCUT2D eigenvalue weighted by atomic mass is 9.99. The van der Waals surface area contributed by atoms with E-state index in [1.807, 2.05) is 12.1 Å². The highest BCUT2D eigenvalue weighted by molar-refractivity contribution is 5.89. The summed E-state index contributed by atoms with van der Waals surface area (Å²) in [6.45, 7) is 1.29. The maximum absolute atomic E-state index is 12.1. The van der Waals surface area contributed by atoms with Crippen molar-refractivity contribution >= 4 is 18.0 Å². The highest BCUT2D eigenvalue weighted by Crippen LogP contribution is 2.16. The molecule has 0 saturated carbocycles. The van der Waals surface area contributed by atoms with Gasteiger partial charge in [0.2, 0.25) is 0 Å². The molecule has 7 nitrogen and oxygen atoms in total. The molecule has 0 spiro atoms. The number of methoxy groups -OCH3 is 1. The molecule has 0 aliphatic carbocycles. The van der Waals surface area contributed by atoms with Crippen molar-refractivity contribution in [3.63, 3.8) is 0 Å². The Hall–Kier alpha value is -2.57. The molecule has 1 aromatic rings. The van der Waals surface area contributed by atoms with Gasteiger partial charge < -0.3 is 20.1 Å². The summed E-state index contributed by atoms with van der Waals surface area (Å²) in [4.78, 5) is 36.0. The lowest BCUT2D eigenvalue weighted by Gasteiger charge is -2.30. The SMILES string of the molecule is COC(=O)c1ccc(CCNC(=O)N2CCCC(C(=O)O)C2)cc1. The highest BCUT2D eigenvalue weighted by Gasteiger charge is 2.27. The van der Waals surface area contributed by atoms with E-state index in [9.17, 15) is 14.4 Å². The van der Waals surface area contributed by atoms with E-state index in [4.69, 9.17) is 5.11 Å². The topological polar surface area (TPSA) is 95.9 Å². The largest absolute Gasteiger partial charge is 0.481 e. The summed E-state index contributed by atoms with van der Waals surface area (Å²) in [6, 6.07) is 6.78. The monoisotopic (exact) mass is 334 g/mol. The number of carbonyl (C=O) groups is 3. The number of carbonyl (C=O) groups excluding carboxylic acids is 2. The van der Waals surface area contributed by atoms with E-state index < -0.39 is 11.9 Å². The Bertz CT molecular complexity index is 600. The van der Waals surface area contributed by atoms with Gasteiger partial charge in [-0.15, -0.1) is 0 Å². The third-order valence-electron chi connectivity index (χ3n) is 4.12. The van der Waals surface area contributed by atoms with E-state index in [2.05, 4.69) is 10.1 Å². The van der Waals surface area contributed by atoms with Gasteiger partial charge in [-0.1, -0.05) is 12.1 Å². The van der Waals surface area contributed by atoms with Crippen LogP contribution in [0.25, 0.3) is 0 Å². The predicted octanol–water partition coefficient (Wildman–Crippen LogP) is 1.52. The molecule has 1 atom stereocenters. The quantitative estimate of drug-likeness (QED) is 0.796. The Balaban J connectivity index is 1.78. The van der Waals surface area contributed by atoms with E-state index in [1.54, 1.807) is 17.0 Å². The van der Waals surface area contributed by atoms with Gasteiger partial charge in [0, 0.05) is 19.6 Å². The summed E-state index contributed by atoms with van der Waals surface area (Å²) in [5.74, 6) is -1.71. The van der Waals surface area contributed by atoms with Gasteiger partial charge in [0.1, 0.15) is 0 Å². The molecule has 1 heterocycles. The minimum Gasteiger partial charge on any atom is -0.481 e. The van der Waals surface area contributed by atoms with Gasteiger partial charge in [-0.05, 0) is 37.0 Å². The number of likely N-dealkylation sites (tertiary alicyclic amines) is 1. The Morgan fingerprint density at radius 2 is 2.00 bits per heavy atom. The zero-order valence-corrected chi connectivity index (χ0v) is 13.7. The molecule has 0 aromatic heterocycles. The number of piperidine rings is 1. The average molecular weight is 334 g/mol. The first-order valence-corrected chi connectivity index (χ1v) is 7.94. The molecule has 1 aliphatic heterocycles. The molecule has 2 N–H and O–H groups in total. The van der Waals surface area contributed by atoms with Crippen LogP contribution in [0.3, 0.4) is 0 Å². The number of amides is 2. The summed E-state index contributed by atoms with van der Waals surface area (Å²) in [7, 11) is 1.33. The fourth-order valence-electron chi connectivity index (χ4n) is 2.71. The minimum atomic E-state index is -0.849. The smallest absolute Gasteiger partial charge is 0.337 e. The molecule has 1 fully saturated rings. The average Bonchev–Trinajstić information content (AvgIpc) is 2.61. The van der Waals surface area contributed by atoms with Crippen LogP contribution >= 0.6 is 0 Å². The molecule has 0 bridgehead atoms. The van der Waals surface area contributed by atoms with Crippen LogP contribution in [0.15, 0.2) is 24.3 Å². The lowest BCUT2D eigenvalue weighted by Crippen LogP contribution is -2.47. The van der Waals surface area contributed by atoms with Crippen LogP contribution in [0.2, 0.25) is 0 Å². The van der Waals surface area contributed by atoms with Crippen LogP contribution in [0.4, 0.5) is 4.79 Å². The number of hydrogen-bond acceptors (Lipinski definition) is 4. The first-order valence-electron chi connectivity index (χ1n) is 7.94. The number of ether oxygens (including phenoxy) is 1. The predicted molar refractivity (Wildman–Crippen MR) is 86.8 cm³/mol. The Kier molecular flexibility index (Phi) is 6.17. The van der Waals surface area contributed by atoms with Crippen molar-refractivity contribution in [1.82, 2.24) is 10.2 Å². The Morgan fingerprint density at radius 1 is 1.29 bits per heavy atom. The molecule has 7 heteroatoms. The fourth-order valence-corrected chi connectivity index (χ4v) is 2.71. The number of rotatable bonds is 5. The van der Waals surface area contributed by atoms with Gasteiger partial charge >= 0.3 is 18.0 Å². The summed E-state index contributed by atoms with van der Waals surface area (Å²) in [5.41, 5.74) is 1.48. The molecule has 1 unspecified atom stereocenters. The van der Waals surface area contributed by atoms with E-state index in [0.717, 1.165) is 5.56 Å². The van der Waals surface area contributed by atoms with Gasteiger partial charge in [-0.2, -0.15) is 0 Å². The number of urea groups is 1. The maximum atomic E-state index is 12.1. The van der Waals surface area contributed by atoms with Crippen molar-refractivity contribution < 1.29 is 24.2 Å². The zero-order chi connectivity index (χ0) is 17.5. The van der Waals surface area contributed by atoms with Gasteiger partial charge in [0.05, 0.1) is 18.6 Å². The molecule has 2 amide bonds. The molecule has 0 radical (unpaired) electrons. The Morgan fingerprint density at radius 3 is 2.62 bits per heavy atom. The lowest BCUT2D eigenvalue weighted by molar-refractivity contribution is -0.143. The van der Waals surface area contributed by atoms with E-state index >= 15 is 0 Å². The third kappa shape index (κ3) is 4.71. The number of carboxylic acid groups (broad SMARTS) is 1. The van der Waals surface area contributed by atoms with Crippen molar-refractivity contribution in [2.45, 2.75) is 19.3 Å². The molecule has 2 rings (SSSR count). The number of hydrogen-bond donors (Lipinski definition) is 2. The first kappa shape index (κ1) is 17.8. The molecule has 1 saturated heterocycles. The van der Waals surface area contributed by atoms with E-state index in [1.165, 1.54) is 7.11 Å². The number of nitrogens with one attached hydrogen (secondary N) is 1. The van der Waals surface area contributed by atoms with Crippen molar-refractivity contribution in [2.24, 2.45) is 5.92 Å². The second-order valence-corrected chi connectivity index (χ2v) is 5.79. The maximum Gasteiger partial charge on any atom is 0.337 e. The van der Waals surface area contributed by atoms with Crippen LogP contribution in [-0.4, -0.2) is 54.7 Å². The van der Waals surface area contributed by atoms with Crippen LogP contribution in [0.1, 0.15) is 28.8 Å². The third-order valence-corrected chi connectivity index (χ3v) is 4.12. The van der Waals surface area contributed by atoms with Gasteiger partial charge in [0.25, 0.3) is 0 Å². The van der Waals surface area contributed by atoms with E-state index in [-0.39, 0.29) is 18.5 Å². The Labute approximate surface area is 140 Å². The van der Waals surface area contributed by atoms with Crippen molar-refractivity contribution in [3.05, 3.63) is 35.4 Å². The van der Waals surface area contributed by atoms with Gasteiger partial charge in [-0.25, -0.2) is 9.59 Å². The van der Waals surface area contributed by atoms with Crippen LogP contribution in [0.5, 0.6) is 0 Å². The fraction of sp³-hybridized carbons (Fsp3) is 0.471. The number of carboxylic acids is 1. The standard InChI is InChI=1S/C17H22N2O5/c1-24-16(22)13-6-4-12(5-7-13)8-9-18-17(23)19-10-2-3-14(11-19)15(20)21/h4-7,14H,2-3,8-11H2,1H3,(H,18,23)(H,20,21). The molecular formula is C17H22N2O5. The highest BCUT2D eigenvalue weighted by atomic mass is 16.5. The summed E-state index contributed by atoms with van der Waals surface area (Å²) < 4.78 is 4.64. The van der Waals surface area contributed by atoms with Gasteiger partial charge in [-0.3, -0.25) is 4.79 Å². The summed E-state index contributed by atoms with van der Waals surface area (Å²) in [5, 5.41) is 11.9. The number of benzene rings is 1. The number of nitrogens with zero attached hydrogens (tertiary/aromatic N) is 1. The summed E-state index contributed by atoms with van der Waals surface area (Å²) >= 11 is 0. The van der Waals surface area contributed by atoms with Crippen molar-refractivity contribution in [3.8, 4) is 0 Å². The first-order chi connectivity index (χ1) is 11.5. The summed E-state index contributed by atoms with van der Waals surface area (Å²) in [6.07, 6.45) is 1.95. The van der Waals surface area contributed by atoms with Crippen LogP contribution < -0.4 is 5.32 Å². The molecule has 130 valence electrons. The number of aliphatic carboxylic acids is 1. The second kappa shape index (κ2) is 8.33. The van der Waals surface area contributed by atoms with Crippen LogP contribution in [-0.2, 0) is 16.0 Å². The molecule has 1 aromatic carbocycles. The number of esters is 1. The normalized spacial score (nSPS) is 17.2. The molecular weight excluding hydrogens is 312 g/mol. The second-order valence-electron chi connectivity index (χ2n) is 5.79. The zero-order valence-electron chi connectivity index (χ0n) is 13.7. The van der Waals surface area contributed by atoms with E-state index in [0.29, 0.717) is 37.9 Å². The minimum absolute atomic E-state index is 0.230. The van der Waals surface area contributed by atoms with Gasteiger partial charge in [0.15, 0.2) is 0 Å². The van der Waals surface area contributed by atoms with Crippen molar-refractivity contribution in [2.75, 3.05) is 26.7 Å².